The number of hydrogen-bond acceptors (Lipinski definition) is 4. The van der Waals surface area contributed by atoms with Gasteiger partial charge in [0.2, 0.25) is 0 Å². The Morgan fingerprint density at radius 2 is 2.03 bits per heavy atom. The molecular weight excluding hydrogens is 390 g/mol. The van der Waals surface area contributed by atoms with Crippen LogP contribution in [-0.4, -0.2) is 42.1 Å². The fourth-order valence-electron chi connectivity index (χ4n) is 4.49. The zero-order valence-electron chi connectivity index (χ0n) is 18.1. The molecule has 1 aromatic heterocycles. The molecule has 31 heavy (non-hydrogen) atoms. The summed E-state index contributed by atoms with van der Waals surface area (Å²) in [5.74, 6) is 1.60. The lowest BCUT2D eigenvalue weighted by Gasteiger charge is -2.40. The Labute approximate surface area is 183 Å². The fraction of sp³-hybridized carbons (Fsp3) is 0.458. The lowest BCUT2D eigenvalue weighted by atomic mass is 9.86. The number of guanidine groups is 1. The Balaban J connectivity index is 1.40. The van der Waals surface area contributed by atoms with Gasteiger partial charge in [-0.2, -0.15) is 0 Å². The molecule has 1 saturated carbocycles. The van der Waals surface area contributed by atoms with Gasteiger partial charge in [-0.15, -0.1) is 0 Å². The average Bonchev–Trinajstić information content (AvgIpc) is 3.24. The molecule has 7 nitrogen and oxygen atoms in total. The van der Waals surface area contributed by atoms with Gasteiger partial charge in [-0.25, -0.2) is 0 Å². The molecule has 164 valence electrons. The SMILES string of the molecule is CCNC(=NCCNC(=O)c1cccnc1)NC1CC2(CCCC2)Oc2ccccc21. The molecule has 7 heteroatoms. The number of rotatable bonds is 6. The Bertz CT molecular complexity index is 909. The normalized spacial score (nSPS) is 19.4. The molecule has 1 aliphatic carbocycles. The Morgan fingerprint density at radius 1 is 1.19 bits per heavy atom. The van der Waals surface area contributed by atoms with Gasteiger partial charge in [0.25, 0.3) is 5.91 Å². The summed E-state index contributed by atoms with van der Waals surface area (Å²) in [5, 5.41) is 9.85. The summed E-state index contributed by atoms with van der Waals surface area (Å²) in [6, 6.07) is 11.9. The van der Waals surface area contributed by atoms with E-state index in [0.29, 0.717) is 18.7 Å². The number of amides is 1. The molecule has 2 aliphatic rings. The van der Waals surface area contributed by atoms with Crippen LogP contribution in [0.25, 0.3) is 0 Å². The number of aromatic nitrogens is 1. The Morgan fingerprint density at radius 3 is 2.81 bits per heavy atom. The topological polar surface area (TPSA) is 87.6 Å². The van der Waals surface area contributed by atoms with Crippen LogP contribution in [0.1, 0.15) is 61.0 Å². The predicted molar refractivity (Wildman–Crippen MR) is 121 cm³/mol. The molecule has 1 atom stereocenters. The molecule has 2 aromatic rings. The zero-order valence-corrected chi connectivity index (χ0v) is 18.1. The van der Waals surface area contributed by atoms with E-state index in [1.807, 2.05) is 6.07 Å². The third kappa shape index (κ3) is 5.16. The number of nitrogens with one attached hydrogen (secondary N) is 3. The summed E-state index contributed by atoms with van der Waals surface area (Å²) in [4.78, 5) is 20.8. The number of hydrogen-bond donors (Lipinski definition) is 3. The number of ether oxygens (including phenoxy) is 1. The number of carbonyl (C=O) groups is 1. The van der Waals surface area contributed by atoms with Crippen LogP contribution in [0.5, 0.6) is 5.75 Å². The molecule has 1 amide bonds. The first-order valence-electron chi connectivity index (χ1n) is 11.2. The largest absolute Gasteiger partial charge is 0.487 e. The number of benzene rings is 1. The van der Waals surface area contributed by atoms with Crippen molar-refractivity contribution in [2.24, 2.45) is 4.99 Å². The monoisotopic (exact) mass is 421 g/mol. The first-order chi connectivity index (χ1) is 15.2. The van der Waals surface area contributed by atoms with Gasteiger partial charge in [0.05, 0.1) is 18.2 Å². The van der Waals surface area contributed by atoms with E-state index >= 15 is 0 Å². The van der Waals surface area contributed by atoms with E-state index in [-0.39, 0.29) is 17.6 Å². The lowest BCUT2D eigenvalue weighted by Crippen LogP contribution is -2.46. The zero-order chi connectivity index (χ0) is 21.5. The number of aliphatic imine (C=N–C) groups is 1. The minimum Gasteiger partial charge on any atom is -0.487 e. The summed E-state index contributed by atoms with van der Waals surface area (Å²) >= 11 is 0. The summed E-state index contributed by atoms with van der Waals surface area (Å²) in [5.41, 5.74) is 1.66. The number of carbonyl (C=O) groups excluding carboxylic acids is 1. The second-order valence-electron chi connectivity index (χ2n) is 8.19. The molecule has 1 aliphatic heterocycles. The van der Waals surface area contributed by atoms with Gasteiger partial charge in [0.15, 0.2) is 5.96 Å². The van der Waals surface area contributed by atoms with E-state index in [0.717, 1.165) is 37.5 Å². The van der Waals surface area contributed by atoms with E-state index in [1.54, 1.807) is 24.5 Å². The molecule has 1 aromatic carbocycles. The molecule has 0 bridgehead atoms. The van der Waals surface area contributed by atoms with Crippen molar-refractivity contribution in [1.29, 1.82) is 0 Å². The third-order valence-electron chi connectivity index (χ3n) is 5.96. The second-order valence-corrected chi connectivity index (χ2v) is 8.19. The summed E-state index contributed by atoms with van der Waals surface area (Å²) in [6.07, 6.45) is 8.80. The van der Waals surface area contributed by atoms with Crippen molar-refractivity contribution in [2.45, 2.75) is 50.7 Å². The fourth-order valence-corrected chi connectivity index (χ4v) is 4.49. The van der Waals surface area contributed by atoms with Crippen LogP contribution >= 0.6 is 0 Å². The maximum Gasteiger partial charge on any atom is 0.252 e. The first-order valence-corrected chi connectivity index (χ1v) is 11.2. The molecule has 0 saturated heterocycles. The quantitative estimate of drug-likeness (QED) is 0.379. The molecule has 2 heterocycles. The second kappa shape index (κ2) is 9.81. The first kappa shape index (κ1) is 21.2. The molecule has 4 rings (SSSR count). The highest BCUT2D eigenvalue weighted by Gasteiger charge is 2.43. The minimum atomic E-state index is -0.136. The molecular formula is C24H31N5O2. The van der Waals surface area contributed by atoms with Gasteiger partial charge >= 0.3 is 0 Å². The maximum atomic E-state index is 12.2. The molecule has 1 unspecified atom stereocenters. The lowest BCUT2D eigenvalue weighted by molar-refractivity contribution is 0.0396. The average molecular weight is 422 g/mol. The van der Waals surface area contributed by atoms with Crippen molar-refractivity contribution in [3.8, 4) is 5.75 Å². The Kier molecular flexibility index (Phi) is 6.70. The number of fused-ring (bicyclic) bond motifs is 1. The van der Waals surface area contributed by atoms with Crippen LogP contribution in [0.4, 0.5) is 0 Å². The van der Waals surface area contributed by atoms with Gasteiger partial charge in [-0.05, 0) is 50.8 Å². The number of nitrogens with zero attached hydrogens (tertiary/aromatic N) is 2. The smallest absolute Gasteiger partial charge is 0.252 e. The van der Waals surface area contributed by atoms with E-state index in [9.17, 15) is 4.79 Å². The van der Waals surface area contributed by atoms with Gasteiger partial charge in [-0.3, -0.25) is 14.8 Å². The molecule has 0 radical (unpaired) electrons. The van der Waals surface area contributed by atoms with Crippen molar-refractivity contribution in [2.75, 3.05) is 19.6 Å². The van der Waals surface area contributed by atoms with Gasteiger partial charge in [0.1, 0.15) is 11.4 Å². The number of para-hydroxylation sites is 1. The van der Waals surface area contributed by atoms with Crippen LogP contribution in [0.3, 0.4) is 0 Å². The van der Waals surface area contributed by atoms with Gasteiger partial charge in [0, 0.05) is 37.5 Å². The van der Waals surface area contributed by atoms with Crippen LogP contribution in [0, 0.1) is 0 Å². The third-order valence-corrected chi connectivity index (χ3v) is 5.96. The molecule has 1 spiro atoms. The van der Waals surface area contributed by atoms with Crippen molar-refractivity contribution in [3.63, 3.8) is 0 Å². The van der Waals surface area contributed by atoms with E-state index < -0.39 is 0 Å². The van der Waals surface area contributed by atoms with Crippen LogP contribution in [0.15, 0.2) is 53.8 Å². The van der Waals surface area contributed by atoms with Crippen LogP contribution in [-0.2, 0) is 0 Å². The predicted octanol–water partition coefficient (Wildman–Crippen LogP) is 3.20. The molecule has 3 N–H and O–H groups in total. The van der Waals surface area contributed by atoms with Crippen LogP contribution < -0.4 is 20.7 Å². The highest BCUT2D eigenvalue weighted by Crippen LogP contribution is 2.46. The molecule has 1 fully saturated rings. The highest BCUT2D eigenvalue weighted by atomic mass is 16.5. The highest BCUT2D eigenvalue weighted by molar-refractivity contribution is 5.93. The van der Waals surface area contributed by atoms with Crippen molar-refractivity contribution in [1.82, 2.24) is 20.9 Å². The van der Waals surface area contributed by atoms with Crippen LogP contribution in [0.2, 0.25) is 0 Å². The van der Waals surface area contributed by atoms with Gasteiger partial charge in [-0.1, -0.05) is 18.2 Å². The summed E-state index contributed by atoms with van der Waals surface area (Å²) in [7, 11) is 0. The van der Waals surface area contributed by atoms with E-state index in [1.165, 1.54) is 18.4 Å². The van der Waals surface area contributed by atoms with E-state index in [4.69, 9.17) is 4.74 Å². The maximum absolute atomic E-state index is 12.2. The van der Waals surface area contributed by atoms with Crippen molar-refractivity contribution >= 4 is 11.9 Å². The summed E-state index contributed by atoms with van der Waals surface area (Å²) < 4.78 is 6.47. The van der Waals surface area contributed by atoms with Crippen molar-refractivity contribution in [3.05, 3.63) is 59.9 Å². The van der Waals surface area contributed by atoms with Crippen molar-refractivity contribution < 1.29 is 9.53 Å². The summed E-state index contributed by atoms with van der Waals surface area (Å²) in [6.45, 7) is 3.76. The standard InChI is InChI=1S/C24H31N5O2/c1-2-26-23(28-15-14-27-22(30)18-8-7-13-25-17-18)29-20-16-24(11-5-6-12-24)31-21-10-4-3-9-19(20)21/h3-4,7-10,13,17,20H,2,5-6,11-12,14-16H2,1H3,(H,27,30)(H2,26,28,29). The van der Waals surface area contributed by atoms with Gasteiger partial charge < -0.3 is 20.7 Å². The van der Waals surface area contributed by atoms with E-state index in [2.05, 4.69) is 51.0 Å². The minimum absolute atomic E-state index is 0.0684. The number of pyridine rings is 1. The Hall–Kier alpha value is -3.09.